The number of amides is 2. The first-order valence-corrected chi connectivity index (χ1v) is 6.42. The Bertz CT molecular complexity index is 579. The third kappa shape index (κ3) is 3.24. The molecule has 1 atom stereocenters. The van der Waals surface area contributed by atoms with Crippen molar-refractivity contribution in [2.75, 3.05) is 13.1 Å². The molecule has 1 heterocycles. The number of nitrogens with one attached hydrogen (secondary N) is 1. The highest BCUT2D eigenvalue weighted by molar-refractivity contribution is 5.74. The molecule has 0 spiro atoms. The zero-order valence-electron chi connectivity index (χ0n) is 11.3. The molecule has 1 fully saturated rings. The van der Waals surface area contributed by atoms with Gasteiger partial charge in [0.1, 0.15) is 0 Å². The summed E-state index contributed by atoms with van der Waals surface area (Å²) in [5.41, 5.74) is -2.55. The van der Waals surface area contributed by atoms with E-state index in [1.165, 1.54) is 6.07 Å². The van der Waals surface area contributed by atoms with Crippen molar-refractivity contribution < 1.29 is 32.6 Å². The predicted octanol–water partition coefficient (Wildman–Crippen LogP) is 1.74. The van der Waals surface area contributed by atoms with Crippen LogP contribution >= 0.6 is 0 Å². The zero-order chi connectivity index (χ0) is 16.5. The summed E-state index contributed by atoms with van der Waals surface area (Å²) < 4.78 is 51.0. The average Bonchev–Trinajstić information content (AvgIpc) is 2.83. The lowest BCUT2D eigenvalue weighted by molar-refractivity contribution is -0.253. The predicted molar refractivity (Wildman–Crippen MR) is 67.5 cm³/mol. The monoisotopic (exact) mass is 322 g/mol. The van der Waals surface area contributed by atoms with Gasteiger partial charge in [-0.1, -0.05) is 6.07 Å². The van der Waals surface area contributed by atoms with Crippen LogP contribution in [0.15, 0.2) is 18.2 Å². The number of rotatable bonds is 2. The first-order chi connectivity index (χ1) is 10.1. The van der Waals surface area contributed by atoms with E-state index in [2.05, 4.69) is 5.32 Å². The maximum atomic E-state index is 13.1. The van der Waals surface area contributed by atoms with Crippen LogP contribution in [0.3, 0.4) is 0 Å². The van der Waals surface area contributed by atoms with Gasteiger partial charge in [-0.25, -0.2) is 9.18 Å². The molecule has 1 unspecified atom stereocenters. The molecule has 1 saturated heterocycles. The minimum absolute atomic E-state index is 0.114. The molecule has 0 radical (unpaired) electrons. The first kappa shape index (κ1) is 16.3. The number of nitrogens with zero attached hydrogens (tertiary/aromatic N) is 1. The Morgan fingerprint density at radius 3 is 2.64 bits per heavy atom. The van der Waals surface area contributed by atoms with E-state index in [0.29, 0.717) is 5.56 Å². The number of likely N-dealkylation sites (tertiary alicyclic amines) is 1. The summed E-state index contributed by atoms with van der Waals surface area (Å²) in [6.45, 7) is -1.19. The Morgan fingerprint density at radius 2 is 2.09 bits per heavy atom. The van der Waals surface area contributed by atoms with Gasteiger partial charge in [0.2, 0.25) is 0 Å². The summed E-state index contributed by atoms with van der Waals surface area (Å²) in [5, 5.41) is 20.8. The lowest BCUT2D eigenvalue weighted by atomic mass is 10.0. The normalized spacial score (nSPS) is 22.0. The number of hydrogen-bond acceptors (Lipinski definition) is 3. The molecule has 0 saturated carbocycles. The standard InChI is InChI=1S/C13H14F4N2O3/c14-9-5-8(1-2-10(9)20)6-18-11(21)19-4-3-12(22,7-19)13(15,16)17/h1-2,5,20,22H,3-4,6-7H2,(H,18,21). The first-order valence-electron chi connectivity index (χ1n) is 6.42. The fourth-order valence-corrected chi connectivity index (χ4v) is 2.15. The Balaban J connectivity index is 1.92. The van der Waals surface area contributed by atoms with Gasteiger partial charge in [0, 0.05) is 19.5 Å². The number of halogens is 4. The maximum absolute atomic E-state index is 13.1. The number of aliphatic hydroxyl groups is 1. The lowest BCUT2D eigenvalue weighted by Gasteiger charge is -2.26. The van der Waals surface area contributed by atoms with Crippen molar-refractivity contribution in [2.45, 2.75) is 24.7 Å². The molecule has 9 heteroatoms. The fourth-order valence-electron chi connectivity index (χ4n) is 2.15. The molecule has 1 aliphatic heterocycles. The van der Waals surface area contributed by atoms with Crippen molar-refractivity contribution in [3.05, 3.63) is 29.6 Å². The molecule has 0 aromatic heterocycles. The molecule has 122 valence electrons. The second-order valence-corrected chi connectivity index (χ2v) is 5.15. The van der Waals surface area contributed by atoms with E-state index in [1.807, 2.05) is 0 Å². The number of carbonyl (C=O) groups is 1. The molecule has 0 bridgehead atoms. The topological polar surface area (TPSA) is 72.8 Å². The van der Waals surface area contributed by atoms with Gasteiger partial charge in [-0.15, -0.1) is 0 Å². The third-order valence-electron chi connectivity index (χ3n) is 3.52. The van der Waals surface area contributed by atoms with Crippen LogP contribution in [0.2, 0.25) is 0 Å². The Labute approximate surface area is 123 Å². The van der Waals surface area contributed by atoms with E-state index in [4.69, 9.17) is 5.11 Å². The van der Waals surface area contributed by atoms with Gasteiger partial charge in [-0.2, -0.15) is 13.2 Å². The van der Waals surface area contributed by atoms with E-state index < -0.39 is 42.3 Å². The highest BCUT2D eigenvalue weighted by atomic mass is 19.4. The molecule has 22 heavy (non-hydrogen) atoms. The van der Waals surface area contributed by atoms with E-state index in [0.717, 1.165) is 17.0 Å². The highest BCUT2D eigenvalue weighted by Crippen LogP contribution is 2.37. The van der Waals surface area contributed by atoms with Crippen LogP contribution in [0, 0.1) is 5.82 Å². The summed E-state index contributed by atoms with van der Waals surface area (Å²) >= 11 is 0. The second kappa shape index (κ2) is 5.64. The summed E-state index contributed by atoms with van der Waals surface area (Å²) in [4.78, 5) is 12.6. The van der Waals surface area contributed by atoms with Crippen LogP contribution in [-0.2, 0) is 6.54 Å². The quantitative estimate of drug-likeness (QED) is 0.726. The van der Waals surface area contributed by atoms with E-state index in [1.54, 1.807) is 0 Å². The largest absolute Gasteiger partial charge is 0.505 e. The summed E-state index contributed by atoms with van der Waals surface area (Å²) in [5.74, 6) is -1.40. The average molecular weight is 322 g/mol. The lowest BCUT2D eigenvalue weighted by Crippen LogP contribution is -2.49. The van der Waals surface area contributed by atoms with Crippen molar-refractivity contribution in [1.29, 1.82) is 0 Å². The molecule has 2 rings (SSSR count). The van der Waals surface area contributed by atoms with E-state index in [9.17, 15) is 27.5 Å². The Morgan fingerprint density at radius 1 is 1.41 bits per heavy atom. The molecule has 5 nitrogen and oxygen atoms in total. The molecule has 0 aliphatic carbocycles. The van der Waals surface area contributed by atoms with Gasteiger partial charge >= 0.3 is 12.2 Å². The van der Waals surface area contributed by atoms with Crippen molar-refractivity contribution in [3.63, 3.8) is 0 Å². The fraction of sp³-hybridized carbons (Fsp3) is 0.462. The smallest absolute Gasteiger partial charge is 0.419 e. The molecule has 1 aromatic carbocycles. The number of alkyl halides is 3. The summed E-state index contributed by atoms with van der Waals surface area (Å²) in [6.07, 6.45) is -5.39. The molecular weight excluding hydrogens is 308 g/mol. The van der Waals surface area contributed by atoms with Crippen LogP contribution in [0.1, 0.15) is 12.0 Å². The number of β-amino-alcohol motifs (C(OH)–C–C–N with tert-alkyl or cyclic N) is 1. The van der Waals surface area contributed by atoms with Gasteiger partial charge in [0.15, 0.2) is 17.2 Å². The van der Waals surface area contributed by atoms with Crippen molar-refractivity contribution in [3.8, 4) is 5.75 Å². The van der Waals surface area contributed by atoms with Gasteiger partial charge in [0.25, 0.3) is 0 Å². The number of aromatic hydroxyl groups is 1. The van der Waals surface area contributed by atoms with Crippen LogP contribution in [0.25, 0.3) is 0 Å². The molecular formula is C13H14F4N2O3. The minimum atomic E-state index is -4.80. The van der Waals surface area contributed by atoms with Crippen molar-refractivity contribution >= 4 is 6.03 Å². The third-order valence-corrected chi connectivity index (χ3v) is 3.52. The zero-order valence-corrected chi connectivity index (χ0v) is 11.3. The number of carbonyl (C=O) groups excluding carboxylic acids is 1. The molecule has 1 aliphatic rings. The maximum Gasteiger partial charge on any atom is 0.419 e. The van der Waals surface area contributed by atoms with Gasteiger partial charge in [-0.3, -0.25) is 0 Å². The van der Waals surface area contributed by atoms with Gasteiger partial charge in [0.05, 0.1) is 6.54 Å². The molecule has 3 N–H and O–H groups in total. The summed E-state index contributed by atoms with van der Waals surface area (Å²) in [6, 6.07) is 2.70. The van der Waals surface area contributed by atoms with Crippen LogP contribution in [0.4, 0.5) is 22.4 Å². The molecule has 2 amide bonds. The van der Waals surface area contributed by atoms with E-state index >= 15 is 0 Å². The van der Waals surface area contributed by atoms with Crippen molar-refractivity contribution in [1.82, 2.24) is 10.2 Å². The molecule has 1 aromatic rings. The van der Waals surface area contributed by atoms with Crippen LogP contribution < -0.4 is 5.32 Å². The number of urea groups is 1. The number of phenols is 1. The Hall–Kier alpha value is -2.03. The number of phenolic OH excluding ortho intramolecular Hbond substituents is 1. The minimum Gasteiger partial charge on any atom is -0.505 e. The summed E-state index contributed by atoms with van der Waals surface area (Å²) in [7, 11) is 0. The van der Waals surface area contributed by atoms with Crippen molar-refractivity contribution in [2.24, 2.45) is 0 Å². The number of hydrogen-bond donors (Lipinski definition) is 3. The van der Waals surface area contributed by atoms with E-state index in [-0.39, 0.29) is 13.1 Å². The number of benzene rings is 1. The SMILES string of the molecule is O=C(NCc1ccc(O)c(F)c1)N1CCC(O)(C(F)(F)F)C1. The second-order valence-electron chi connectivity index (χ2n) is 5.15. The van der Waals surface area contributed by atoms with Crippen LogP contribution in [-0.4, -0.2) is 46.0 Å². The Kier molecular flexibility index (Phi) is 4.19. The van der Waals surface area contributed by atoms with Gasteiger partial charge < -0.3 is 20.4 Å². The highest BCUT2D eigenvalue weighted by Gasteiger charge is 2.57. The van der Waals surface area contributed by atoms with Crippen LogP contribution in [0.5, 0.6) is 5.75 Å². The van der Waals surface area contributed by atoms with Gasteiger partial charge in [-0.05, 0) is 17.7 Å².